The fourth-order valence-corrected chi connectivity index (χ4v) is 3.60. The van der Waals surface area contributed by atoms with E-state index in [4.69, 9.17) is 10.5 Å². The molecule has 8 heteroatoms. The van der Waals surface area contributed by atoms with Crippen molar-refractivity contribution in [3.63, 3.8) is 0 Å². The third-order valence-corrected chi connectivity index (χ3v) is 5.38. The normalized spacial score (nSPS) is 11.7. The molecule has 4 rings (SSSR count). The van der Waals surface area contributed by atoms with E-state index in [0.29, 0.717) is 24.8 Å². The molecule has 0 saturated carbocycles. The molecule has 33 heavy (non-hydrogen) atoms. The standard InChI is InChI=1S/C25H28N6OS/c1-31-17-21(16-28-31)19-12-22(14-23(13-19)32-9-8-26)29-25-27-15-20-11-18(5-6-24(20)30-25)7-10-33(2,3)4/h5-6,11-17H,8-9,26H2,1-4H3,(H,27,29,30). The van der Waals surface area contributed by atoms with Crippen molar-refractivity contribution < 1.29 is 4.74 Å². The molecule has 2 aromatic carbocycles. The predicted octanol–water partition coefficient (Wildman–Crippen LogP) is 4.11. The SMILES string of the molecule is Cn1cc(-c2cc(Nc3ncc4cc(C#CS(C)(C)C)ccc4n3)cc(OCCN)c2)cn1. The first kappa shape index (κ1) is 22.6. The van der Waals surface area contributed by atoms with Crippen molar-refractivity contribution in [2.45, 2.75) is 0 Å². The van der Waals surface area contributed by atoms with Crippen LogP contribution in [0.2, 0.25) is 0 Å². The molecule has 3 N–H and O–H groups in total. The highest BCUT2D eigenvalue weighted by atomic mass is 32.3. The zero-order valence-electron chi connectivity index (χ0n) is 19.3. The average molecular weight is 461 g/mol. The maximum atomic E-state index is 5.79. The Morgan fingerprint density at radius 3 is 2.67 bits per heavy atom. The van der Waals surface area contributed by atoms with Crippen molar-refractivity contribution in [2.75, 3.05) is 37.2 Å². The van der Waals surface area contributed by atoms with E-state index in [9.17, 15) is 0 Å². The number of nitrogens with zero attached hydrogens (tertiary/aromatic N) is 4. The quantitative estimate of drug-likeness (QED) is 0.421. The second-order valence-corrected chi connectivity index (χ2v) is 12.3. The van der Waals surface area contributed by atoms with Crippen LogP contribution in [0.5, 0.6) is 5.75 Å². The molecule has 0 fully saturated rings. The number of aromatic nitrogens is 4. The molecular weight excluding hydrogens is 432 g/mol. The highest BCUT2D eigenvalue weighted by molar-refractivity contribution is 8.35. The summed E-state index contributed by atoms with van der Waals surface area (Å²) in [4.78, 5) is 9.18. The Hall–Kier alpha value is -3.54. The van der Waals surface area contributed by atoms with Gasteiger partial charge in [0, 0.05) is 54.3 Å². The molecule has 0 aliphatic carbocycles. The van der Waals surface area contributed by atoms with Crippen molar-refractivity contribution in [3.05, 3.63) is 60.6 Å². The summed E-state index contributed by atoms with van der Waals surface area (Å²) in [6.45, 7) is 0.876. The monoisotopic (exact) mass is 460 g/mol. The molecule has 0 atom stereocenters. The summed E-state index contributed by atoms with van der Waals surface area (Å²) in [6, 6.07) is 11.9. The number of anilines is 2. The van der Waals surface area contributed by atoms with Gasteiger partial charge in [-0.15, -0.1) is 0 Å². The zero-order valence-corrected chi connectivity index (χ0v) is 20.1. The molecule has 4 aromatic rings. The lowest BCUT2D eigenvalue weighted by Crippen LogP contribution is -2.10. The summed E-state index contributed by atoms with van der Waals surface area (Å²) >= 11 is 0. The van der Waals surface area contributed by atoms with Gasteiger partial charge in [0.2, 0.25) is 5.95 Å². The molecule has 0 spiro atoms. The van der Waals surface area contributed by atoms with Gasteiger partial charge in [-0.05, 0) is 59.9 Å². The molecule has 0 unspecified atom stereocenters. The summed E-state index contributed by atoms with van der Waals surface area (Å²) in [6.07, 6.45) is 12.1. The number of hydrogen-bond donors (Lipinski definition) is 2. The Labute approximate surface area is 195 Å². The zero-order chi connectivity index (χ0) is 23.4. The number of hydrogen-bond acceptors (Lipinski definition) is 6. The number of benzene rings is 2. The maximum Gasteiger partial charge on any atom is 0.227 e. The molecule has 7 nitrogen and oxygen atoms in total. The molecule has 0 aliphatic rings. The fraction of sp³-hybridized carbons (Fsp3) is 0.240. The lowest BCUT2D eigenvalue weighted by molar-refractivity contribution is 0.328. The Kier molecular flexibility index (Phi) is 6.54. The van der Waals surface area contributed by atoms with Crippen molar-refractivity contribution >= 4 is 32.6 Å². The van der Waals surface area contributed by atoms with Gasteiger partial charge in [0.1, 0.15) is 12.4 Å². The molecular formula is C25H28N6OS. The number of ether oxygens (including phenoxy) is 1. The van der Waals surface area contributed by atoms with Crippen LogP contribution in [0.4, 0.5) is 11.6 Å². The number of nitrogens with two attached hydrogens (primary N) is 1. The maximum absolute atomic E-state index is 5.79. The summed E-state index contributed by atoms with van der Waals surface area (Å²) in [5.74, 6) is 4.49. The fourth-order valence-electron chi connectivity index (χ4n) is 3.18. The minimum Gasteiger partial charge on any atom is -0.492 e. The van der Waals surface area contributed by atoms with Gasteiger partial charge in [-0.3, -0.25) is 4.68 Å². The van der Waals surface area contributed by atoms with Crippen LogP contribution in [0.3, 0.4) is 0 Å². The summed E-state index contributed by atoms with van der Waals surface area (Å²) < 4.78 is 7.56. The third kappa shape index (κ3) is 6.04. The molecule has 0 radical (unpaired) electrons. The van der Waals surface area contributed by atoms with Gasteiger partial charge in [-0.25, -0.2) is 9.97 Å². The van der Waals surface area contributed by atoms with E-state index in [1.165, 1.54) is 0 Å². The average Bonchev–Trinajstić information content (AvgIpc) is 3.22. The molecule has 170 valence electrons. The lowest BCUT2D eigenvalue weighted by atomic mass is 10.1. The van der Waals surface area contributed by atoms with E-state index in [-0.39, 0.29) is 0 Å². The summed E-state index contributed by atoms with van der Waals surface area (Å²) in [5.41, 5.74) is 10.2. The van der Waals surface area contributed by atoms with E-state index in [2.05, 4.69) is 50.3 Å². The van der Waals surface area contributed by atoms with Crippen LogP contribution in [0, 0.1) is 11.2 Å². The summed E-state index contributed by atoms with van der Waals surface area (Å²) in [7, 11) is 1.02. The van der Waals surface area contributed by atoms with Crippen molar-refractivity contribution in [3.8, 4) is 28.0 Å². The largest absolute Gasteiger partial charge is 0.492 e. The van der Waals surface area contributed by atoms with Crippen LogP contribution in [-0.4, -0.2) is 51.7 Å². The van der Waals surface area contributed by atoms with Crippen LogP contribution in [0.1, 0.15) is 5.56 Å². The van der Waals surface area contributed by atoms with Crippen LogP contribution in [0.25, 0.3) is 22.0 Å². The van der Waals surface area contributed by atoms with Gasteiger partial charge in [-0.1, -0.05) is 5.92 Å². The third-order valence-electron chi connectivity index (χ3n) is 4.67. The van der Waals surface area contributed by atoms with Crippen LogP contribution in [-0.2, 0) is 7.05 Å². The van der Waals surface area contributed by atoms with Crippen molar-refractivity contribution in [2.24, 2.45) is 12.8 Å². The van der Waals surface area contributed by atoms with Crippen molar-refractivity contribution in [1.82, 2.24) is 19.7 Å². The van der Waals surface area contributed by atoms with Gasteiger partial charge < -0.3 is 15.8 Å². The Bertz CT molecular complexity index is 1350. The van der Waals surface area contributed by atoms with Gasteiger partial charge in [0.05, 0.1) is 11.7 Å². The Morgan fingerprint density at radius 2 is 1.94 bits per heavy atom. The molecule has 0 saturated heterocycles. The molecule has 0 bridgehead atoms. The van der Waals surface area contributed by atoms with E-state index >= 15 is 0 Å². The van der Waals surface area contributed by atoms with Crippen LogP contribution < -0.4 is 15.8 Å². The van der Waals surface area contributed by atoms with E-state index < -0.39 is 10.0 Å². The number of fused-ring (bicyclic) bond motifs is 1. The molecule has 2 aromatic heterocycles. The first-order chi connectivity index (χ1) is 15.8. The van der Waals surface area contributed by atoms with Crippen LogP contribution in [0.15, 0.2) is 55.0 Å². The topological polar surface area (TPSA) is 90.9 Å². The number of nitrogens with one attached hydrogen (secondary N) is 1. The number of aryl methyl sites for hydroxylation is 1. The highest BCUT2D eigenvalue weighted by Crippen LogP contribution is 2.32. The smallest absolute Gasteiger partial charge is 0.227 e. The molecule has 0 amide bonds. The van der Waals surface area contributed by atoms with E-state index in [1.807, 2.05) is 62.0 Å². The molecule has 2 heterocycles. The summed E-state index contributed by atoms with van der Waals surface area (Å²) in [5, 5.41) is 11.9. The van der Waals surface area contributed by atoms with Gasteiger partial charge in [-0.2, -0.15) is 15.1 Å². The first-order valence-corrected chi connectivity index (χ1v) is 13.4. The highest BCUT2D eigenvalue weighted by Gasteiger charge is 2.09. The number of rotatable bonds is 6. The Morgan fingerprint density at radius 1 is 1.09 bits per heavy atom. The first-order valence-electron chi connectivity index (χ1n) is 10.5. The second kappa shape index (κ2) is 9.53. The Balaban J connectivity index is 1.63. The lowest BCUT2D eigenvalue weighted by Gasteiger charge is -2.14. The van der Waals surface area contributed by atoms with E-state index in [0.717, 1.165) is 33.3 Å². The minimum absolute atomic E-state index is 0.435. The molecule has 0 aliphatic heterocycles. The second-order valence-electron chi connectivity index (χ2n) is 8.44. The minimum atomic E-state index is -0.874. The van der Waals surface area contributed by atoms with Gasteiger partial charge in [0.15, 0.2) is 0 Å². The van der Waals surface area contributed by atoms with Gasteiger partial charge in [0.25, 0.3) is 0 Å². The van der Waals surface area contributed by atoms with Gasteiger partial charge >= 0.3 is 0 Å². The van der Waals surface area contributed by atoms with Crippen molar-refractivity contribution in [1.29, 1.82) is 0 Å². The predicted molar refractivity (Wildman–Crippen MR) is 138 cm³/mol. The van der Waals surface area contributed by atoms with Crippen LogP contribution >= 0.6 is 10.0 Å². The van der Waals surface area contributed by atoms with E-state index in [1.54, 1.807) is 4.68 Å².